The Balaban J connectivity index is 1.93. The maximum Gasteiger partial charge on any atom is 0.0710 e. The summed E-state index contributed by atoms with van der Waals surface area (Å²) in [6.45, 7) is 2.76. The van der Waals surface area contributed by atoms with E-state index >= 15 is 0 Å². The molecule has 3 nitrogen and oxygen atoms in total. The Labute approximate surface area is 97.2 Å². The summed E-state index contributed by atoms with van der Waals surface area (Å²) in [5.74, 6) is 0. The van der Waals surface area contributed by atoms with Crippen LogP contribution in [0.5, 0.6) is 0 Å². The van der Waals surface area contributed by atoms with Crippen LogP contribution < -0.4 is 10.6 Å². The molecule has 88 valence electrons. The van der Waals surface area contributed by atoms with Crippen LogP contribution in [-0.2, 0) is 11.2 Å². The highest BCUT2D eigenvalue weighted by Crippen LogP contribution is 2.27. The molecule has 0 aromatic heterocycles. The van der Waals surface area contributed by atoms with E-state index in [0.717, 1.165) is 25.9 Å². The second kappa shape index (κ2) is 5.32. The minimum Gasteiger partial charge on any atom is -0.380 e. The molecule has 0 fully saturated rings. The summed E-state index contributed by atoms with van der Waals surface area (Å²) in [5.41, 5.74) is 8.47. The third-order valence-electron chi connectivity index (χ3n) is 3.30. The third kappa shape index (κ3) is 2.36. The summed E-state index contributed by atoms with van der Waals surface area (Å²) >= 11 is 0. The number of nitrogens with two attached hydrogens (primary N) is 1. The Bertz CT molecular complexity index is 336. The van der Waals surface area contributed by atoms with Gasteiger partial charge in [-0.15, -0.1) is 0 Å². The molecule has 1 aromatic rings. The molecular formula is C13H20N2O. The second-order valence-corrected chi connectivity index (χ2v) is 4.25. The predicted octanol–water partition coefficient (Wildman–Crippen LogP) is 1.41. The van der Waals surface area contributed by atoms with Crippen LogP contribution in [0.2, 0.25) is 0 Å². The molecule has 1 aromatic carbocycles. The van der Waals surface area contributed by atoms with Crippen LogP contribution in [0.25, 0.3) is 0 Å². The van der Waals surface area contributed by atoms with E-state index in [-0.39, 0.29) is 6.10 Å². The fraction of sp³-hybridized carbons (Fsp3) is 0.538. The van der Waals surface area contributed by atoms with Crippen molar-refractivity contribution in [3.05, 3.63) is 29.8 Å². The molecule has 0 bridgehead atoms. The van der Waals surface area contributed by atoms with Crippen molar-refractivity contribution in [3.63, 3.8) is 0 Å². The second-order valence-electron chi connectivity index (χ2n) is 4.25. The zero-order valence-corrected chi connectivity index (χ0v) is 9.86. The smallest absolute Gasteiger partial charge is 0.0710 e. The Morgan fingerprint density at radius 1 is 1.44 bits per heavy atom. The molecule has 16 heavy (non-hydrogen) atoms. The number of benzene rings is 1. The van der Waals surface area contributed by atoms with E-state index in [1.54, 1.807) is 7.11 Å². The van der Waals surface area contributed by atoms with E-state index in [0.29, 0.717) is 6.54 Å². The van der Waals surface area contributed by atoms with E-state index in [9.17, 15) is 0 Å². The molecule has 1 atom stereocenters. The Morgan fingerprint density at radius 3 is 3.00 bits per heavy atom. The van der Waals surface area contributed by atoms with E-state index in [1.165, 1.54) is 11.3 Å². The summed E-state index contributed by atoms with van der Waals surface area (Å²) in [5, 5.41) is 0. The zero-order valence-electron chi connectivity index (χ0n) is 9.86. The SMILES string of the molecule is COC(CN)CCN1CCc2ccccc21. The lowest BCUT2D eigenvalue weighted by molar-refractivity contribution is 0.104. The van der Waals surface area contributed by atoms with Gasteiger partial charge in [0.05, 0.1) is 6.10 Å². The monoisotopic (exact) mass is 220 g/mol. The summed E-state index contributed by atoms with van der Waals surface area (Å²) in [6.07, 6.45) is 2.35. The average Bonchev–Trinajstić information content (AvgIpc) is 2.74. The van der Waals surface area contributed by atoms with Gasteiger partial charge in [-0.2, -0.15) is 0 Å². The van der Waals surface area contributed by atoms with E-state index in [1.807, 2.05) is 0 Å². The fourth-order valence-electron chi connectivity index (χ4n) is 2.27. The number of anilines is 1. The maximum atomic E-state index is 5.62. The highest BCUT2D eigenvalue weighted by molar-refractivity contribution is 5.57. The summed E-state index contributed by atoms with van der Waals surface area (Å²) < 4.78 is 5.30. The quantitative estimate of drug-likeness (QED) is 0.815. The third-order valence-corrected chi connectivity index (χ3v) is 3.30. The van der Waals surface area contributed by atoms with Crippen molar-refractivity contribution in [1.82, 2.24) is 0 Å². The molecule has 0 radical (unpaired) electrons. The van der Waals surface area contributed by atoms with E-state index < -0.39 is 0 Å². The van der Waals surface area contributed by atoms with Crippen molar-refractivity contribution in [1.29, 1.82) is 0 Å². The van der Waals surface area contributed by atoms with Crippen molar-refractivity contribution >= 4 is 5.69 Å². The average molecular weight is 220 g/mol. The van der Waals surface area contributed by atoms with Gasteiger partial charge in [-0.05, 0) is 24.5 Å². The first kappa shape index (κ1) is 11.4. The van der Waals surface area contributed by atoms with Crippen LogP contribution in [0.15, 0.2) is 24.3 Å². The van der Waals surface area contributed by atoms with Gasteiger partial charge in [0.2, 0.25) is 0 Å². The van der Waals surface area contributed by atoms with Crippen molar-refractivity contribution in [2.24, 2.45) is 5.73 Å². The normalized spacial score (nSPS) is 16.2. The van der Waals surface area contributed by atoms with Gasteiger partial charge in [-0.25, -0.2) is 0 Å². The number of hydrogen-bond donors (Lipinski definition) is 1. The Kier molecular flexibility index (Phi) is 3.80. The molecular weight excluding hydrogens is 200 g/mol. The van der Waals surface area contributed by atoms with Gasteiger partial charge in [-0.1, -0.05) is 18.2 Å². The molecule has 0 amide bonds. The van der Waals surface area contributed by atoms with Crippen molar-refractivity contribution < 1.29 is 4.74 Å². The number of fused-ring (bicyclic) bond motifs is 1. The topological polar surface area (TPSA) is 38.5 Å². The van der Waals surface area contributed by atoms with Gasteiger partial charge in [0.1, 0.15) is 0 Å². The minimum absolute atomic E-state index is 0.188. The fourth-order valence-corrected chi connectivity index (χ4v) is 2.27. The van der Waals surface area contributed by atoms with Gasteiger partial charge in [0.15, 0.2) is 0 Å². The van der Waals surface area contributed by atoms with Crippen LogP contribution in [0.3, 0.4) is 0 Å². The van der Waals surface area contributed by atoms with E-state index in [4.69, 9.17) is 10.5 Å². The maximum absolute atomic E-state index is 5.62. The molecule has 1 heterocycles. The highest BCUT2D eigenvalue weighted by atomic mass is 16.5. The number of ether oxygens (including phenoxy) is 1. The number of hydrogen-bond acceptors (Lipinski definition) is 3. The standard InChI is InChI=1S/C13H20N2O/c1-16-12(10-14)7-9-15-8-6-11-4-2-3-5-13(11)15/h2-5,12H,6-10,14H2,1H3. The molecule has 2 rings (SSSR count). The first-order valence-corrected chi connectivity index (χ1v) is 5.91. The Hall–Kier alpha value is -1.06. The molecule has 1 aliphatic rings. The lowest BCUT2D eigenvalue weighted by Crippen LogP contribution is -2.30. The molecule has 1 unspecified atom stereocenters. The number of rotatable bonds is 5. The van der Waals surface area contributed by atoms with Crippen LogP contribution >= 0.6 is 0 Å². The molecule has 3 heteroatoms. The first-order chi connectivity index (χ1) is 7.85. The summed E-state index contributed by atoms with van der Waals surface area (Å²) in [7, 11) is 1.73. The summed E-state index contributed by atoms with van der Waals surface area (Å²) in [6, 6.07) is 8.63. The van der Waals surface area contributed by atoms with Crippen molar-refractivity contribution in [2.75, 3.05) is 31.6 Å². The first-order valence-electron chi connectivity index (χ1n) is 5.91. The lowest BCUT2D eigenvalue weighted by Gasteiger charge is -2.22. The predicted molar refractivity (Wildman–Crippen MR) is 66.8 cm³/mol. The van der Waals surface area contributed by atoms with Crippen LogP contribution in [0, 0.1) is 0 Å². The molecule has 2 N–H and O–H groups in total. The van der Waals surface area contributed by atoms with Gasteiger partial charge in [-0.3, -0.25) is 0 Å². The molecule has 0 saturated carbocycles. The van der Waals surface area contributed by atoms with Crippen molar-refractivity contribution in [3.8, 4) is 0 Å². The Morgan fingerprint density at radius 2 is 2.25 bits per heavy atom. The largest absolute Gasteiger partial charge is 0.380 e. The molecule has 0 aliphatic carbocycles. The van der Waals surface area contributed by atoms with E-state index in [2.05, 4.69) is 29.2 Å². The number of methoxy groups -OCH3 is 1. The number of nitrogens with zero attached hydrogens (tertiary/aromatic N) is 1. The minimum atomic E-state index is 0.188. The molecule has 1 aliphatic heterocycles. The number of para-hydroxylation sites is 1. The van der Waals surface area contributed by atoms with Gasteiger partial charge in [0.25, 0.3) is 0 Å². The van der Waals surface area contributed by atoms with Crippen LogP contribution in [0.4, 0.5) is 5.69 Å². The molecule has 0 spiro atoms. The van der Waals surface area contributed by atoms with Gasteiger partial charge >= 0.3 is 0 Å². The van der Waals surface area contributed by atoms with Crippen molar-refractivity contribution in [2.45, 2.75) is 18.9 Å². The van der Waals surface area contributed by atoms with Crippen LogP contribution in [0.1, 0.15) is 12.0 Å². The van der Waals surface area contributed by atoms with Gasteiger partial charge in [0, 0.05) is 32.4 Å². The zero-order chi connectivity index (χ0) is 11.4. The van der Waals surface area contributed by atoms with Crippen LogP contribution in [-0.4, -0.2) is 32.8 Å². The van der Waals surface area contributed by atoms with Gasteiger partial charge < -0.3 is 15.4 Å². The molecule has 0 saturated heterocycles. The summed E-state index contributed by atoms with van der Waals surface area (Å²) in [4.78, 5) is 2.43. The lowest BCUT2D eigenvalue weighted by atomic mass is 10.2. The highest BCUT2D eigenvalue weighted by Gasteiger charge is 2.18.